The van der Waals surface area contributed by atoms with Crippen molar-refractivity contribution in [3.8, 4) is 16.9 Å². The van der Waals surface area contributed by atoms with E-state index in [2.05, 4.69) is 64.8 Å². The van der Waals surface area contributed by atoms with Gasteiger partial charge >= 0.3 is 0 Å². The highest BCUT2D eigenvalue weighted by molar-refractivity contribution is 5.93. The molecular weight excluding hydrogens is 372 g/mol. The summed E-state index contributed by atoms with van der Waals surface area (Å²) in [5, 5.41) is 20.1. The molecule has 4 aromatic rings. The summed E-state index contributed by atoms with van der Waals surface area (Å²) in [6.07, 6.45) is 3.48. The summed E-state index contributed by atoms with van der Waals surface area (Å²) < 4.78 is 4.36. The van der Waals surface area contributed by atoms with Crippen LogP contribution in [0.2, 0.25) is 0 Å². The van der Waals surface area contributed by atoms with Gasteiger partial charge in [0.15, 0.2) is 0 Å². The fraction of sp³-hybridized carbons (Fsp3) is 0.320. The average Bonchev–Trinajstić information content (AvgIpc) is 3.33. The quantitative estimate of drug-likeness (QED) is 0.515. The molecule has 2 aromatic carbocycles. The van der Waals surface area contributed by atoms with E-state index in [1.165, 1.54) is 33.4 Å². The first-order chi connectivity index (χ1) is 14.6. The Kier molecular flexibility index (Phi) is 4.93. The van der Waals surface area contributed by atoms with Gasteiger partial charge in [0.05, 0.1) is 35.9 Å². The summed E-state index contributed by atoms with van der Waals surface area (Å²) in [5.41, 5.74) is 7.28. The molecule has 0 saturated heterocycles. The molecule has 154 valence electrons. The van der Waals surface area contributed by atoms with Crippen molar-refractivity contribution in [2.45, 2.75) is 45.4 Å². The minimum absolute atomic E-state index is 0.352. The van der Waals surface area contributed by atoms with Crippen molar-refractivity contribution in [3.63, 3.8) is 0 Å². The van der Waals surface area contributed by atoms with E-state index in [-0.39, 0.29) is 0 Å². The van der Waals surface area contributed by atoms with Crippen LogP contribution in [0.4, 0.5) is 0 Å². The molecule has 0 spiro atoms. The lowest BCUT2D eigenvalue weighted by Crippen LogP contribution is -2.34. The van der Waals surface area contributed by atoms with Gasteiger partial charge in [-0.15, -0.1) is 0 Å². The van der Waals surface area contributed by atoms with E-state index in [9.17, 15) is 5.11 Å². The molecule has 0 saturated carbocycles. The van der Waals surface area contributed by atoms with Gasteiger partial charge in [-0.05, 0) is 36.6 Å². The minimum Gasteiger partial charge on any atom is -0.390 e. The second-order valence-electron chi connectivity index (χ2n) is 8.42. The van der Waals surface area contributed by atoms with Crippen molar-refractivity contribution in [1.29, 1.82) is 0 Å². The number of fused-ring (bicyclic) bond motifs is 5. The maximum absolute atomic E-state index is 10.8. The number of para-hydroxylation sites is 2. The molecule has 2 N–H and O–H groups in total. The van der Waals surface area contributed by atoms with Crippen molar-refractivity contribution in [3.05, 3.63) is 72.1 Å². The van der Waals surface area contributed by atoms with Crippen LogP contribution in [-0.2, 0) is 19.4 Å². The number of aromatic nitrogens is 3. The largest absolute Gasteiger partial charge is 0.390 e. The van der Waals surface area contributed by atoms with Gasteiger partial charge < -0.3 is 15.0 Å². The van der Waals surface area contributed by atoms with Crippen LogP contribution >= 0.6 is 0 Å². The average molecular weight is 401 g/mol. The third-order valence-corrected chi connectivity index (χ3v) is 5.97. The molecule has 5 nitrogen and oxygen atoms in total. The van der Waals surface area contributed by atoms with Crippen LogP contribution in [0.3, 0.4) is 0 Å². The van der Waals surface area contributed by atoms with Gasteiger partial charge in [0.25, 0.3) is 0 Å². The smallest absolute Gasteiger partial charge is 0.0843 e. The van der Waals surface area contributed by atoms with E-state index in [4.69, 9.17) is 5.10 Å². The van der Waals surface area contributed by atoms with Gasteiger partial charge in [0.2, 0.25) is 0 Å². The Labute approximate surface area is 177 Å². The van der Waals surface area contributed by atoms with Crippen molar-refractivity contribution in [2.75, 3.05) is 6.54 Å². The van der Waals surface area contributed by atoms with E-state index in [1.807, 2.05) is 24.4 Å². The Morgan fingerprint density at radius 1 is 1.03 bits per heavy atom. The first kappa shape index (κ1) is 19.1. The first-order valence-corrected chi connectivity index (χ1v) is 10.8. The van der Waals surface area contributed by atoms with Crippen molar-refractivity contribution < 1.29 is 5.11 Å². The lowest BCUT2D eigenvalue weighted by Gasteiger charge is -2.21. The molecule has 0 fully saturated rings. The summed E-state index contributed by atoms with van der Waals surface area (Å²) in [7, 11) is 0. The normalized spacial score (nSPS) is 14.1. The first-order valence-electron chi connectivity index (χ1n) is 10.8. The van der Waals surface area contributed by atoms with Crippen LogP contribution in [0, 0.1) is 0 Å². The molecule has 0 bridgehead atoms. The summed E-state index contributed by atoms with van der Waals surface area (Å²) in [5.74, 6) is 0. The molecule has 1 aliphatic rings. The molecule has 30 heavy (non-hydrogen) atoms. The van der Waals surface area contributed by atoms with E-state index < -0.39 is 6.10 Å². The Morgan fingerprint density at radius 2 is 1.80 bits per heavy atom. The van der Waals surface area contributed by atoms with Gasteiger partial charge in [-0.25, -0.2) is 4.68 Å². The lowest BCUT2D eigenvalue weighted by atomic mass is 9.93. The highest BCUT2D eigenvalue weighted by atomic mass is 16.3. The molecule has 0 unspecified atom stereocenters. The zero-order valence-electron chi connectivity index (χ0n) is 17.5. The number of nitrogens with one attached hydrogen (secondary N) is 1. The van der Waals surface area contributed by atoms with Crippen LogP contribution in [0.15, 0.2) is 60.8 Å². The molecule has 2 heterocycles. The Morgan fingerprint density at radius 3 is 2.60 bits per heavy atom. The zero-order chi connectivity index (χ0) is 20.7. The number of hydrogen-bond acceptors (Lipinski definition) is 3. The predicted octanol–water partition coefficient (Wildman–Crippen LogP) is 3.95. The number of hydrogen-bond donors (Lipinski definition) is 2. The van der Waals surface area contributed by atoms with Gasteiger partial charge in [-0.3, -0.25) is 0 Å². The van der Waals surface area contributed by atoms with E-state index in [0.717, 1.165) is 18.5 Å². The molecule has 1 atom stereocenters. The Bertz CT molecular complexity index is 1170. The van der Waals surface area contributed by atoms with Gasteiger partial charge in [-0.1, -0.05) is 50.2 Å². The Balaban J connectivity index is 1.62. The monoisotopic (exact) mass is 400 g/mol. The molecule has 0 amide bonds. The second kappa shape index (κ2) is 7.74. The number of aliphatic hydroxyl groups excluding tert-OH is 1. The molecule has 5 rings (SSSR count). The standard InChI is InChI=1S/C25H28N4O/c1-17(2)26-14-19(30)16-28-23-11-7-6-10-20(23)21-12-13-24-22(25(21)28)15-27-29(24)18-8-4-3-5-9-18/h3-11,15,17,19,26,30H,12-14,16H2,1-2H3/t19-/m1/s1. The summed E-state index contributed by atoms with van der Waals surface area (Å²) in [6.45, 7) is 5.34. The van der Waals surface area contributed by atoms with Gasteiger partial charge in [-0.2, -0.15) is 5.10 Å². The van der Waals surface area contributed by atoms with E-state index in [0.29, 0.717) is 19.1 Å². The summed E-state index contributed by atoms with van der Waals surface area (Å²) in [6, 6.07) is 19.2. The number of benzene rings is 2. The van der Waals surface area contributed by atoms with Crippen LogP contribution in [0.25, 0.3) is 27.8 Å². The van der Waals surface area contributed by atoms with Crippen LogP contribution in [0.1, 0.15) is 25.1 Å². The topological polar surface area (TPSA) is 55.0 Å². The number of rotatable bonds is 6. The SMILES string of the molecule is CC(C)NC[C@@H](O)Cn1c2c(c3ccccc31)CCc1c-2cnn1-c1ccccc1. The maximum Gasteiger partial charge on any atom is 0.0843 e. The number of aliphatic hydroxyl groups is 1. The third kappa shape index (κ3) is 3.24. The summed E-state index contributed by atoms with van der Waals surface area (Å²) >= 11 is 0. The van der Waals surface area contributed by atoms with Crippen molar-refractivity contribution in [2.24, 2.45) is 0 Å². The second-order valence-corrected chi connectivity index (χ2v) is 8.42. The van der Waals surface area contributed by atoms with Crippen LogP contribution < -0.4 is 5.32 Å². The fourth-order valence-electron chi connectivity index (χ4n) is 4.62. The third-order valence-electron chi connectivity index (χ3n) is 5.97. The fourth-order valence-corrected chi connectivity index (χ4v) is 4.62. The molecule has 5 heteroatoms. The molecule has 2 aromatic heterocycles. The van der Waals surface area contributed by atoms with Crippen LogP contribution in [-0.4, -0.2) is 38.1 Å². The lowest BCUT2D eigenvalue weighted by molar-refractivity contribution is 0.151. The van der Waals surface area contributed by atoms with Gasteiger partial charge in [0.1, 0.15) is 0 Å². The highest BCUT2D eigenvalue weighted by Gasteiger charge is 2.28. The highest BCUT2D eigenvalue weighted by Crippen LogP contribution is 2.40. The predicted molar refractivity (Wildman–Crippen MR) is 121 cm³/mol. The van der Waals surface area contributed by atoms with E-state index in [1.54, 1.807) is 0 Å². The molecule has 0 radical (unpaired) electrons. The van der Waals surface area contributed by atoms with Crippen LogP contribution in [0.5, 0.6) is 0 Å². The molecule has 1 aliphatic carbocycles. The minimum atomic E-state index is -0.457. The van der Waals surface area contributed by atoms with E-state index >= 15 is 0 Å². The van der Waals surface area contributed by atoms with Crippen molar-refractivity contribution >= 4 is 10.9 Å². The van der Waals surface area contributed by atoms with Gasteiger partial charge in [0, 0.05) is 29.1 Å². The zero-order valence-corrected chi connectivity index (χ0v) is 17.5. The number of nitrogens with zero attached hydrogens (tertiary/aromatic N) is 3. The van der Waals surface area contributed by atoms with Crippen molar-refractivity contribution in [1.82, 2.24) is 19.7 Å². The Hall–Kier alpha value is -2.89. The number of aryl methyl sites for hydroxylation is 1. The summed E-state index contributed by atoms with van der Waals surface area (Å²) in [4.78, 5) is 0. The maximum atomic E-state index is 10.8. The molecular formula is C25H28N4O. The molecule has 0 aliphatic heterocycles.